The number of ether oxygens (including phenoxy) is 3. The standard InChI is InChI=1S/C18H20N2O6/c1-24-13-5-7-14(8-6-13)26-11-3-4-18(21)19-16-10-9-15(25-2)12-17(16)20(22)23/h5-10,12H,3-4,11H2,1-2H3,(H,19,21). The maximum atomic E-state index is 12.0. The zero-order valence-electron chi connectivity index (χ0n) is 14.6. The number of carbonyl (C=O) groups excluding carboxylic acids is 1. The zero-order valence-corrected chi connectivity index (χ0v) is 14.6. The van der Waals surface area contributed by atoms with Crippen LogP contribution < -0.4 is 19.5 Å². The Bertz CT molecular complexity index is 761. The lowest BCUT2D eigenvalue weighted by Crippen LogP contribution is -2.14. The number of amides is 1. The minimum Gasteiger partial charge on any atom is -0.497 e. The van der Waals surface area contributed by atoms with Gasteiger partial charge in [0.05, 0.1) is 31.8 Å². The molecule has 0 aliphatic heterocycles. The minimum atomic E-state index is -0.565. The highest BCUT2D eigenvalue weighted by Crippen LogP contribution is 2.29. The molecule has 2 aromatic carbocycles. The van der Waals surface area contributed by atoms with Crippen LogP contribution in [0.25, 0.3) is 0 Å². The van der Waals surface area contributed by atoms with Gasteiger partial charge in [-0.25, -0.2) is 0 Å². The van der Waals surface area contributed by atoms with Crippen molar-refractivity contribution in [1.29, 1.82) is 0 Å². The van der Waals surface area contributed by atoms with Crippen LogP contribution in [-0.4, -0.2) is 31.7 Å². The molecule has 1 amide bonds. The number of hydrogen-bond acceptors (Lipinski definition) is 6. The highest BCUT2D eigenvalue weighted by atomic mass is 16.6. The Kier molecular flexibility index (Phi) is 6.78. The molecule has 26 heavy (non-hydrogen) atoms. The smallest absolute Gasteiger partial charge is 0.296 e. The predicted molar refractivity (Wildman–Crippen MR) is 96.0 cm³/mol. The van der Waals surface area contributed by atoms with E-state index in [0.717, 1.165) is 5.75 Å². The number of benzene rings is 2. The Labute approximate surface area is 150 Å². The molecule has 1 N–H and O–H groups in total. The van der Waals surface area contributed by atoms with E-state index in [9.17, 15) is 14.9 Å². The van der Waals surface area contributed by atoms with Crippen molar-refractivity contribution >= 4 is 17.3 Å². The molecule has 0 saturated heterocycles. The lowest BCUT2D eigenvalue weighted by molar-refractivity contribution is -0.384. The van der Waals surface area contributed by atoms with E-state index in [1.807, 2.05) is 0 Å². The van der Waals surface area contributed by atoms with E-state index in [1.165, 1.54) is 19.2 Å². The lowest BCUT2D eigenvalue weighted by atomic mass is 10.2. The fourth-order valence-electron chi connectivity index (χ4n) is 2.20. The van der Waals surface area contributed by atoms with Gasteiger partial charge in [0.15, 0.2) is 0 Å². The second kappa shape index (κ2) is 9.26. The molecule has 8 heteroatoms. The monoisotopic (exact) mass is 360 g/mol. The molecule has 0 atom stereocenters. The van der Waals surface area contributed by atoms with Crippen LogP contribution in [0.5, 0.6) is 17.2 Å². The van der Waals surface area contributed by atoms with E-state index in [1.54, 1.807) is 37.4 Å². The van der Waals surface area contributed by atoms with Crippen LogP contribution in [0.2, 0.25) is 0 Å². The van der Waals surface area contributed by atoms with Gasteiger partial charge in [0.25, 0.3) is 5.69 Å². The first kappa shape index (κ1) is 19.0. The fourth-order valence-corrected chi connectivity index (χ4v) is 2.20. The van der Waals surface area contributed by atoms with Crippen molar-refractivity contribution in [2.75, 3.05) is 26.1 Å². The molecule has 138 valence electrons. The number of carbonyl (C=O) groups is 1. The summed E-state index contributed by atoms with van der Waals surface area (Å²) >= 11 is 0. The average Bonchev–Trinajstić information content (AvgIpc) is 2.65. The van der Waals surface area contributed by atoms with Gasteiger partial charge in [-0.05, 0) is 42.8 Å². The van der Waals surface area contributed by atoms with Crippen molar-refractivity contribution < 1.29 is 23.9 Å². The molecule has 0 saturated carbocycles. The van der Waals surface area contributed by atoms with E-state index in [0.29, 0.717) is 24.5 Å². The number of nitrogens with zero attached hydrogens (tertiary/aromatic N) is 1. The van der Waals surface area contributed by atoms with Gasteiger partial charge < -0.3 is 19.5 Å². The van der Waals surface area contributed by atoms with Crippen LogP contribution in [0.15, 0.2) is 42.5 Å². The second-order valence-electron chi connectivity index (χ2n) is 5.32. The summed E-state index contributed by atoms with van der Waals surface area (Å²) in [5, 5.41) is 13.7. The lowest BCUT2D eigenvalue weighted by Gasteiger charge is -2.09. The van der Waals surface area contributed by atoms with Gasteiger partial charge in [0.2, 0.25) is 5.91 Å². The summed E-state index contributed by atoms with van der Waals surface area (Å²) in [7, 11) is 3.00. The van der Waals surface area contributed by atoms with Crippen molar-refractivity contribution in [3.63, 3.8) is 0 Å². The molecule has 0 aromatic heterocycles. The van der Waals surface area contributed by atoms with Crippen molar-refractivity contribution in [2.24, 2.45) is 0 Å². The van der Waals surface area contributed by atoms with Crippen molar-refractivity contribution in [2.45, 2.75) is 12.8 Å². The first-order valence-electron chi connectivity index (χ1n) is 7.92. The minimum absolute atomic E-state index is 0.136. The zero-order chi connectivity index (χ0) is 18.9. The SMILES string of the molecule is COc1ccc(OCCCC(=O)Nc2ccc(OC)cc2[N+](=O)[O-])cc1. The number of anilines is 1. The van der Waals surface area contributed by atoms with E-state index in [2.05, 4.69) is 5.32 Å². The molecule has 2 aromatic rings. The summed E-state index contributed by atoms with van der Waals surface area (Å²) in [6.45, 7) is 0.352. The van der Waals surface area contributed by atoms with E-state index < -0.39 is 4.92 Å². The highest BCUT2D eigenvalue weighted by Gasteiger charge is 2.17. The molecule has 0 bridgehead atoms. The Morgan fingerprint density at radius 2 is 1.65 bits per heavy atom. The average molecular weight is 360 g/mol. The van der Waals surface area contributed by atoms with Gasteiger partial charge in [-0.3, -0.25) is 14.9 Å². The molecule has 0 aliphatic rings. The number of methoxy groups -OCH3 is 2. The largest absolute Gasteiger partial charge is 0.497 e. The molecule has 0 aliphatic carbocycles. The Balaban J connectivity index is 1.82. The molecule has 2 rings (SSSR count). The van der Waals surface area contributed by atoms with Crippen LogP contribution in [0, 0.1) is 10.1 Å². The Hall–Kier alpha value is -3.29. The van der Waals surface area contributed by atoms with Gasteiger partial charge >= 0.3 is 0 Å². The molecule has 0 fully saturated rings. The number of rotatable bonds is 9. The molecule has 0 heterocycles. The van der Waals surface area contributed by atoms with E-state index >= 15 is 0 Å². The maximum absolute atomic E-state index is 12.0. The van der Waals surface area contributed by atoms with Crippen molar-refractivity contribution in [1.82, 2.24) is 0 Å². The number of nitro groups is 1. The number of nitrogens with one attached hydrogen (secondary N) is 1. The summed E-state index contributed by atoms with van der Waals surface area (Å²) in [6, 6.07) is 11.4. The van der Waals surface area contributed by atoms with Crippen LogP contribution in [-0.2, 0) is 4.79 Å². The second-order valence-corrected chi connectivity index (χ2v) is 5.32. The van der Waals surface area contributed by atoms with Gasteiger partial charge in [0, 0.05) is 6.42 Å². The first-order chi connectivity index (χ1) is 12.5. The van der Waals surface area contributed by atoms with E-state index in [4.69, 9.17) is 14.2 Å². The van der Waals surface area contributed by atoms with Crippen LogP contribution in [0.3, 0.4) is 0 Å². The van der Waals surface area contributed by atoms with Gasteiger partial charge in [-0.15, -0.1) is 0 Å². The Morgan fingerprint density at radius 3 is 2.27 bits per heavy atom. The van der Waals surface area contributed by atoms with Crippen molar-refractivity contribution in [3.05, 3.63) is 52.6 Å². The normalized spacial score (nSPS) is 10.1. The molecule has 8 nitrogen and oxygen atoms in total. The summed E-state index contributed by atoms with van der Waals surface area (Å²) in [5.41, 5.74) is -0.0796. The summed E-state index contributed by atoms with van der Waals surface area (Å²) in [4.78, 5) is 22.5. The molecule has 0 unspecified atom stereocenters. The molecule has 0 spiro atoms. The topological polar surface area (TPSA) is 99.9 Å². The first-order valence-corrected chi connectivity index (χ1v) is 7.92. The quantitative estimate of drug-likeness (QED) is 0.418. The maximum Gasteiger partial charge on any atom is 0.296 e. The van der Waals surface area contributed by atoms with Crippen LogP contribution >= 0.6 is 0 Å². The molecular formula is C18H20N2O6. The van der Waals surface area contributed by atoms with E-state index in [-0.39, 0.29) is 23.7 Å². The van der Waals surface area contributed by atoms with Crippen molar-refractivity contribution in [3.8, 4) is 17.2 Å². The molecular weight excluding hydrogens is 340 g/mol. The fraction of sp³-hybridized carbons (Fsp3) is 0.278. The summed E-state index contributed by atoms with van der Waals surface area (Å²) in [5.74, 6) is 1.44. The Morgan fingerprint density at radius 1 is 1.04 bits per heavy atom. The van der Waals surface area contributed by atoms with Gasteiger partial charge in [0.1, 0.15) is 22.9 Å². The number of nitro benzene ring substituents is 1. The van der Waals surface area contributed by atoms with Crippen LogP contribution in [0.1, 0.15) is 12.8 Å². The van der Waals surface area contributed by atoms with Crippen LogP contribution in [0.4, 0.5) is 11.4 Å². The highest BCUT2D eigenvalue weighted by molar-refractivity contribution is 5.93. The summed E-state index contributed by atoms with van der Waals surface area (Å²) < 4.78 is 15.6. The third-order valence-electron chi connectivity index (χ3n) is 3.55. The van der Waals surface area contributed by atoms with Gasteiger partial charge in [-0.2, -0.15) is 0 Å². The van der Waals surface area contributed by atoms with Gasteiger partial charge in [-0.1, -0.05) is 0 Å². The third-order valence-corrected chi connectivity index (χ3v) is 3.55. The number of hydrogen-bond donors (Lipinski definition) is 1. The molecule has 0 radical (unpaired) electrons. The summed E-state index contributed by atoms with van der Waals surface area (Å²) in [6.07, 6.45) is 0.654. The predicted octanol–water partition coefficient (Wildman–Crippen LogP) is 3.41. The third kappa shape index (κ3) is 5.37.